The number of ether oxygens (including phenoxy) is 2. The van der Waals surface area contributed by atoms with Crippen LogP contribution in [0.3, 0.4) is 0 Å². The summed E-state index contributed by atoms with van der Waals surface area (Å²) in [4.78, 5) is 21.9. The van der Waals surface area contributed by atoms with Crippen molar-refractivity contribution >= 4 is 17.7 Å². The Kier molecular flexibility index (Phi) is 6.17. The lowest BCUT2D eigenvalue weighted by molar-refractivity contribution is -0.384. The van der Waals surface area contributed by atoms with Crippen LogP contribution in [0.25, 0.3) is 17.2 Å². The summed E-state index contributed by atoms with van der Waals surface area (Å²) in [6, 6.07) is 8.98. The number of nitro groups is 1. The van der Waals surface area contributed by atoms with Crippen LogP contribution in [0.4, 0.5) is 18.9 Å². The van der Waals surface area contributed by atoms with Crippen molar-refractivity contribution in [3.8, 4) is 16.9 Å². The van der Waals surface area contributed by atoms with Crippen LogP contribution in [0.1, 0.15) is 12.5 Å². The van der Waals surface area contributed by atoms with Gasteiger partial charge in [0.2, 0.25) is 0 Å². The molecule has 0 aliphatic rings. The van der Waals surface area contributed by atoms with E-state index in [0.717, 1.165) is 18.2 Å². The normalized spacial score (nSPS) is 11.4. The van der Waals surface area contributed by atoms with Gasteiger partial charge >= 0.3 is 12.3 Å². The molecule has 0 unspecified atom stereocenters. The Morgan fingerprint density at radius 1 is 1.19 bits per heavy atom. The molecule has 0 bridgehead atoms. The second-order valence-corrected chi connectivity index (χ2v) is 5.19. The van der Waals surface area contributed by atoms with E-state index >= 15 is 0 Å². The van der Waals surface area contributed by atoms with Crippen LogP contribution in [0.5, 0.6) is 5.75 Å². The molecule has 0 aliphatic heterocycles. The topological polar surface area (TPSA) is 78.7 Å². The first-order valence-electron chi connectivity index (χ1n) is 7.69. The van der Waals surface area contributed by atoms with Gasteiger partial charge in [0.1, 0.15) is 5.75 Å². The summed E-state index contributed by atoms with van der Waals surface area (Å²) in [5.74, 6) is -1.01. The fraction of sp³-hybridized carbons (Fsp3) is 0.167. The number of benzene rings is 2. The first-order chi connectivity index (χ1) is 12.7. The maximum atomic E-state index is 12.2. The van der Waals surface area contributed by atoms with E-state index < -0.39 is 23.0 Å². The van der Waals surface area contributed by atoms with Crippen LogP contribution in [0, 0.1) is 10.1 Å². The highest BCUT2D eigenvalue weighted by molar-refractivity contribution is 5.89. The standard InChI is InChI=1S/C18H14F3NO5/c1-2-26-17(23)10-5-13-11-14(22(24)25)6-9-16(13)12-3-7-15(8-4-12)27-18(19,20)21/h3-11H,2H2,1H3/b10-5+. The summed E-state index contributed by atoms with van der Waals surface area (Å²) in [6.45, 7) is 1.81. The Labute approximate surface area is 152 Å². The van der Waals surface area contributed by atoms with Gasteiger partial charge in [-0.25, -0.2) is 4.79 Å². The van der Waals surface area contributed by atoms with E-state index in [2.05, 4.69) is 4.74 Å². The lowest BCUT2D eigenvalue weighted by atomic mass is 9.98. The van der Waals surface area contributed by atoms with Crippen molar-refractivity contribution < 1.29 is 32.4 Å². The number of carbonyl (C=O) groups excluding carboxylic acids is 1. The van der Waals surface area contributed by atoms with Crippen molar-refractivity contribution in [1.82, 2.24) is 0 Å². The van der Waals surface area contributed by atoms with Gasteiger partial charge in [0.25, 0.3) is 5.69 Å². The maximum Gasteiger partial charge on any atom is 0.573 e. The molecular formula is C18H14F3NO5. The van der Waals surface area contributed by atoms with Gasteiger partial charge in [-0.3, -0.25) is 10.1 Å². The molecule has 0 amide bonds. The fourth-order valence-electron chi connectivity index (χ4n) is 2.25. The number of rotatable bonds is 6. The molecule has 0 aliphatic carbocycles. The zero-order valence-corrected chi connectivity index (χ0v) is 14.0. The first kappa shape index (κ1) is 20.0. The van der Waals surface area contributed by atoms with E-state index in [4.69, 9.17) is 4.74 Å². The highest BCUT2D eigenvalue weighted by Gasteiger charge is 2.31. The fourth-order valence-corrected chi connectivity index (χ4v) is 2.25. The molecule has 0 saturated carbocycles. The zero-order chi connectivity index (χ0) is 20.0. The van der Waals surface area contributed by atoms with E-state index in [1.54, 1.807) is 6.92 Å². The molecule has 2 aromatic carbocycles. The predicted molar refractivity (Wildman–Crippen MR) is 90.9 cm³/mol. The van der Waals surface area contributed by atoms with E-state index in [1.807, 2.05) is 0 Å². The Morgan fingerprint density at radius 3 is 2.41 bits per heavy atom. The van der Waals surface area contributed by atoms with Gasteiger partial charge in [-0.2, -0.15) is 0 Å². The van der Waals surface area contributed by atoms with Gasteiger partial charge in [0.05, 0.1) is 11.5 Å². The quantitative estimate of drug-likeness (QED) is 0.313. The molecule has 27 heavy (non-hydrogen) atoms. The van der Waals surface area contributed by atoms with Gasteiger partial charge in [-0.05, 0) is 47.9 Å². The van der Waals surface area contributed by atoms with Crippen LogP contribution >= 0.6 is 0 Å². The van der Waals surface area contributed by atoms with Crippen molar-refractivity contribution in [2.24, 2.45) is 0 Å². The van der Waals surface area contributed by atoms with E-state index in [9.17, 15) is 28.1 Å². The summed E-state index contributed by atoms with van der Waals surface area (Å²) in [5.41, 5.74) is 1.11. The molecule has 0 N–H and O–H groups in total. The number of alkyl halides is 3. The molecular weight excluding hydrogens is 367 g/mol. The Morgan fingerprint density at radius 2 is 1.85 bits per heavy atom. The average molecular weight is 381 g/mol. The number of nitro benzene ring substituents is 1. The number of nitrogens with zero attached hydrogens (tertiary/aromatic N) is 1. The smallest absolute Gasteiger partial charge is 0.463 e. The zero-order valence-electron chi connectivity index (χ0n) is 14.0. The average Bonchev–Trinajstić information content (AvgIpc) is 2.59. The predicted octanol–water partition coefficient (Wildman–Crippen LogP) is 4.74. The maximum absolute atomic E-state index is 12.2. The molecule has 2 aromatic rings. The minimum atomic E-state index is -4.80. The molecule has 9 heteroatoms. The van der Waals surface area contributed by atoms with Gasteiger partial charge in [0.15, 0.2) is 0 Å². The Hall–Kier alpha value is -3.36. The second-order valence-electron chi connectivity index (χ2n) is 5.19. The van der Waals surface area contributed by atoms with Gasteiger partial charge in [-0.1, -0.05) is 12.1 Å². The Balaban J connectivity index is 2.40. The third-order valence-electron chi connectivity index (χ3n) is 3.33. The van der Waals surface area contributed by atoms with Crippen molar-refractivity contribution in [3.63, 3.8) is 0 Å². The molecule has 0 aromatic heterocycles. The van der Waals surface area contributed by atoms with Crippen LogP contribution in [-0.2, 0) is 9.53 Å². The van der Waals surface area contributed by atoms with Crippen molar-refractivity contribution in [2.45, 2.75) is 13.3 Å². The molecule has 0 heterocycles. The van der Waals surface area contributed by atoms with Crippen molar-refractivity contribution in [2.75, 3.05) is 6.61 Å². The summed E-state index contributed by atoms with van der Waals surface area (Å²) in [7, 11) is 0. The summed E-state index contributed by atoms with van der Waals surface area (Å²) in [5, 5.41) is 11.0. The van der Waals surface area contributed by atoms with E-state index in [-0.39, 0.29) is 12.3 Å². The first-order valence-corrected chi connectivity index (χ1v) is 7.69. The molecule has 6 nitrogen and oxygen atoms in total. The number of hydrogen-bond donors (Lipinski definition) is 0. The lowest BCUT2D eigenvalue weighted by Gasteiger charge is -2.10. The third-order valence-corrected chi connectivity index (χ3v) is 3.33. The van der Waals surface area contributed by atoms with Crippen LogP contribution in [-0.4, -0.2) is 23.9 Å². The van der Waals surface area contributed by atoms with Gasteiger partial charge in [-0.15, -0.1) is 13.2 Å². The minimum absolute atomic E-state index is 0.172. The van der Waals surface area contributed by atoms with Crippen molar-refractivity contribution in [3.05, 3.63) is 64.2 Å². The summed E-state index contributed by atoms with van der Waals surface area (Å²) in [6.07, 6.45) is -2.34. The molecule has 2 rings (SSSR count). The van der Waals surface area contributed by atoms with Gasteiger partial charge < -0.3 is 9.47 Å². The van der Waals surface area contributed by atoms with Crippen LogP contribution < -0.4 is 4.74 Å². The molecule has 0 atom stereocenters. The third kappa shape index (κ3) is 5.84. The minimum Gasteiger partial charge on any atom is -0.463 e. The van der Waals surface area contributed by atoms with Crippen LogP contribution in [0.2, 0.25) is 0 Å². The molecule has 0 saturated heterocycles. The second kappa shape index (κ2) is 8.35. The van der Waals surface area contributed by atoms with E-state index in [1.165, 1.54) is 36.4 Å². The summed E-state index contributed by atoms with van der Waals surface area (Å²) >= 11 is 0. The number of hydrogen-bond acceptors (Lipinski definition) is 5. The highest BCUT2D eigenvalue weighted by Crippen LogP contribution is 2.31. The molecule has 142 valence electrons. The van der Waals surface area contributed by atoms with Crippen molar-refractivity contribution in [1.29, 1.82) is 0 Å². The van der Waals surface area contributed by atoms with Crippen LogP contribution in [0.15, 0.2) is 48.5 Å². The molecule has 0 fully saturated rings. The highest BCUT2D eigenvalue weighted by atomic mass is 19.4. The van der Waals surface area contributed by atoms with Gasteiger partial charge in [0, 0.05) is 18.2 Å². The number of non-ortho nitro benzene ring substituents is 1. The lowest BCUT2D eigenvalue weighted by Crippen LogP contribution is -2.16. The largest absolute Gasteiger partial charge is 0.573 e. The molecule has 0 spiro atoms. The number of halogens is 3. The Bertz CT molecular complexity index is 860. The summed E-state index contributed by atoms with van der Waals surface area (Å²) < 4.78 is 45.3. The number of esters is 1. The SMILES string of the molecule is CCOC(=O)/C=C/c1cc([N+](=O)[O-])ccc1-c1ccc(OC(F)(F)F)cc1. The number of carbonyl (C=O) groups is 1. The monoisotopic (exact) mass is 381 g/mol. The molecule has 0 radical (unpaired) electrons. The van der Waals surface area contributed by atoms with E-state index in [0.29, 0.717) is 16.7 Å².